The molecule has 0 aliphatic carbocycles. The summed E-state index contributed by atoms with van der Waals surface area (Å²) < 4.78 is 0. The second-order valence-electron chi connectivity index (χ2n) is 3.29. The van der Waals surface area contributed by atoms with Crippen molar-refractivity contribution in [2.75, 3.05) is 32.8 Å². The van der Waals surface area contributed by atoms with E-state index in [9.17, 15) is 9.59 Å². The third-order valence-corrected chi connectivity index (χ3v) is 2.10. The van der Waals surface area contributed by atoms with Gasteiger partial charge in [0.05, 0.1) is 13.2 Å². The van der Waals surface area contributed by atoms with Gasteiger partial charge >= 0.3 is 0 Å². The number of nitrogens with two attached hydrogens (primary N) is 2. The van der Waals surface area contributed by atoms with Gasteiger partial charge < -0.3 is 21.7 Å². The van der Waals surface area contributed by atoms with Crippen molar-refractivity contribution in [2.24, 2.45) is 11.5 Å². The van der Waals surface area contributed by atoms with Crippen LogP contribution in [0.4, 0.5) is 0 Å². The summed E-state index contributed by atoms with van der Waals surface area (Å²) in [5.74, 6) is -1.18. The molecule has 0 fully saturated rings. The first-order valence-electron chi connectivity index (χ1n) is 5.06. The minimum absolute atomic E-state index is 0.0426. The number of aliphatic hydroxyl groups is 2. The maximum atomic E-state index is 11.6. The zero-order valence-electron chi connectivity index (χ0n) is 9.13. The lowest BCUT2D eigenvalue weighted by Gasteiger charge is -2.26. The number of hydrogen-bond donors (Lipinski definition) is 4. The largest absolute Gasteiger partial charge is 0.395 e. The predicted octanol–water partition coefficient (Wildman–Crippen LogP) is -2.96. The van der Waals surface area contributed by atoms with Crippen LogP contribution in [-0.4, -0.2) is 65.7 Å². The molecule has 1 unspecified atom stereocenters. The molecule has 0 saturated carbocycles. The average molecular weight is 233 g/mol. The van der Waals surface area contributed by atoms with Gasteiger partial charge in [0.2, 0.25) is 5.91 Å². The Morgan fingerprint density at radius 1 is 1.19 bits per heavy atom. The highest BCUT2D eigenvalue weighted by atomic mass is 16.3. The predicted molar refractivity (Wildman–Crippen MR) is 57.4 cm³/mol. The van der Waals surface area contributed by atoms with Crippen LogP contribution in [0, 0.1) is 0 Å². The minimum Gasteiger partial charge on any atom is -0.395 e. The van der Waals surface area contributed by atoms with Crippen molar-refractivity contribution in [3.63, 3.8) is 0 Å². The van der Waals surface area contributed by atoms with Gasteiger partial charge in [0, 0.05) is 19.5 Å². The Bertz CT molecular complexity index is 229. The van der Waals surface area contributed by atoms with Gasteiger partial charge in [0.15, 0.2) is 5.78 Å². The maximum absolute atomic E-state index is 11.6. The molecule has 0 aliphatic heterocycles. The van der Waals surface area contributed by atoms with Crippen LogP contribution in [0.15, 0.2) is 0 Å². The summed E-state index contributed by atoms with van der Waals surface area (Å²) in [5.41, 5.74) is 10.3. The standard InChI is InChI=1S/C9H19N3O4/c10-2-1-7(15)8(9(11)16)12(3-5-13)4-6-14/h8,13-14H,1-6,10H2,(H2,11,16). The molecule has 94 valence electrons. The Balaban J connectivity index is 4.68. The maximum Gasteiger partial charge on any atom is 0.242 e. The molecular weight excluding hydrogens is 214 g/mol. The van der Waals surface area contributed by atoms with Gasteiger partial charge in [-0.05, 0) is 6.54 Å². The van der Waals surface area contributed by atoms with Crippen molar-refractivity contribution in [1.82, 2.24) is 4.90 Å². The van der Waals surface area contributed by atoms with Gasteiger partial charge in [-0.1, -0.05) is 0 Å². The summed E-state index contributed by atoms with van der Waals surface area (Å²) >= 11 is 0. The number of rotatable bonds is 9. The summed E-state index contributed by atoms with van der Waals surface area (Å²) in [5, 5.41) is 17.6. The van der Waals surface area contributed by atoms with Gasteiger partial charge in [-0.3, -0.25) is 14.5 Å². The van der Waals surface area contributed by atoms with Crippen LogP contribution in [0.5, 0.6) is 0 Å². The molecule has 0 aromatic heterocycles. The molecule has 0 radical (unpaired) electrons. The second-order valence-corrected chi connectivity index (χ2v) is 3.29. The number of ketones is 1. The van der Waals surface area contributed by atoms with E-state index in [-0.39, 0.29) is 39.3 Å². The molecular formula is C9H19N3O4. The molecule has 7 heteroatoms. The third-order valence-electron chi connectivity index (χ3n) is 2.10. The number of hydrogen-bond acceptors (Lipinski definition) is 6. The Morgan fingerprint density at radius 2 is 1.69 bits per heavy atom. The van der Waals surface area contributed by atoms with Crippen molar-refractivity contribution in [3.05, 3.63) is 0 Å². The lowest BCUT2D eigenvalue weighted by molar-refractivity contribution is -0.134. The second kappa shape index (κ2) is 8.17. The number of carbonyl (C=O) groups is 2. The molecule has 0 spiro atoms. The molecule has 0 heterocycles. The van der Waals surface area contributed by atoms with E-state index in [1.807, 2.05) is 0 Å². The minimum atomic E-state index is -1.12. The number of Topliss-reactive ketones (excluding diaryl/α,β-unsaturated/α-hetero) is 1. The van der Waals surface area contributed by atoms with Crippen molar-refractivity contribution in [1.29, 1.82) is 0 Å². The quantitative estimate of drug-likeness (QED) is 0.315. The van der Waals surface area contributed by atoms with Gasteiger partial charge in [-0.2, -0.15) is 0 Å². The molecule has 6 N–H and O–H groups in total. The summed E-state index contributed by atoms with van der Waals surface area (Å²) in [7, 11) is 0. The van der Waals surface area contributed by atoms with Crippen LogP contribution < -0.4 is 11.5 Å². The molecule has 16 heavy (non-hydrogen) atoms. The highest BCUT2D eigenvalue weighted by Gasteiger charge is 2.29. The monoisotopic (exact) mass is 233 g/mol. The Labute approximate surface area is 94.0 Å². The first kappa shape index (κ1) is 15.0. The van der Waals surface area contributed by atoms with E-state index in [1.165, 1.54) is 4.90 Å². The molecule has 0 saturated heterocycles. The van der Waals surface area contributed by atoms with Gasteiger partial charge in [0.1, 0.15) is 6.04 Å². The average Bonchev–Trinajstić information content (AvgIpc) is 2.18. The van der Waals surface area contributed by atoms with Crippen molar-refractivity contribution < 1.29 is 19.8 Å². The van der Waals surface area contributed by atoms with Crippen molar-refractivity contribution >= 4 is 11.7 Å². The number of nitrogens with zero attached hydrogens (tertiary/aromatic N) is 1. The molecule has 1 amide bonds. The normalized spacial score (nSPS) is 12.8. The molecule has 0 rings (SSSR count). The Hall–Kier alpha value is -1.02. The van der Waals surface area contributed by atoms with Gasteiger partial charge in [0.25, 0.3) is 0 Å². The molecule has 1 atom stereocenters. The van der Waals surface area contributed by atoms with E-state index < -0.39 is 17.7 Å². The van der Waals surface area contributed by atoms with E-state index in [1.54, 1.807) is 0 Å². The Kier molecular flexibility index (Phi) is 7.65. The highest BCUT2D eigenvalue weighted by molar-refractivity contribution is 6.04. The van der Waals surface area contributed by atoms with Crippen molar-refractivity contribution in [2.45, 2.75) is 12.5 Å². The Morgan fingerprint density at radius 3 is 2.00 bits per heavy atom. The summed E-state index contributed by atoms with van der Waals surface area (Å²) in [4.78, 5) is 24.1. The van der Waals surface area contributed by atoms with E-state index in [0.717, 1.165) is 0 Å². The zero-order valence-corrected chi connectivity index (χ0v) is 9.13. The number of aliphatic hydroxyl groups excluding tert-OH is 2. The first-order chi connectivity index (χ1) is 7.58. The molecule has 7 nitrogen and oxygen atoms in total. The number of amides is 1. The van der Waals surface area contributed by atoms with Crippen LogP contribution in [0.2, 0.25) is 0 Å². The van der Waals surface area contributed by atoms with Crippen LogP contribution in [0.1, 0.15) is 6.42 Å². The third kappa shape index (κ3) is 4.67. The van der Waals surface area contributed by atoms with E-state index in [0.29, 0.717) is 0 Å². The van der Waals surface area contributed by atoms with Crippen molar-refractivity contribution in [3.8, 4) is 0 Å². The summed E-state index contributed by atoms with van der Waals surface area (Å²) in [6, 6.07) is -1.12. The van der Waals surface area contributed by atoms with Crippen LogP contribution in [-0.2, 0) is 9.59 Å². The van der Waals surface area contributed by atoms with E-state index in [4.69, 9.17) is 21.7 Å². The van der Waals surface area contributed by atoms with Gasteiger partial charge in [-0.15, -0.1) is 0 Å². The molecule has 0 aliphatic rings. The fourth-order valence-electron chi connectivity index (χ4n) is 1.45. The first-order valence-corrected chi connectivity index (χ1v) is 5.06. The fourth-order valence-corrected chi connectivity index (χ4v) is 1.45. The van der Waals surface area contributed by atoms with Crippen LogP contribution in [0.25, 0.3) is 0 Å². The smallest absolute Gasteiger partial charge is 0.242 e. The molecule has 0 aromatic rings. The highest BCUT2D eigenvalue weighted by Crippen LogP contribution is 2.02. The van der Waals surface area contributed by atoms with E-state index in [2.05, 4.69) is 0 Å². The summed E-state index contributed by atoms with van der Waals surface area (Å²) in [6.45, 7) is -0.108. The zero-order chi connectivity index (χ0) is 12.6. The lowest BCUT2D eigenvalue weighted by atomic mass is 10.1. The van der Waals surface area contributed by atoms with Crippen LogP contribution >= 0.6 is 0 Å². The van der Waals surface area contributed by atoms with E-state index >= 15 is 0 Å². The van der Waals surface area contributed by atoms with Crippen LogP contribution in [0.3, 0.4) is 0 Å². The SMILES string of the molecule is NCCC(=O)C(C(N)=O)N(CCO)CCO. The molecule has 0 bridgehead atoms. The number of primary amides is 1. The number of carbonyl (C=O) groups excluding carboxylic acids is 2. The topological polar surface area (TPSA) is 130 Å². The lowest BCUT2D eigenvalue weighted by Crippen LogP contribution is -2.52. The summed E-state index contributed by atoms with van der Waals surface area (Å²) in [6.07, 6.45) is 0.0426. The molecule has 0 aromatic carbocycles. The van der Waals surface area contributed by atoms with Gasteiger partial charge in [-0.25, -0.2) is 0 Å². The fraction of sp³-hybridized carbons (Fsp3) is 0.778.